The van der Waals surface area contributed by atoms with E-state index in [2.05, 4.69) is 36.6 Å². The summed E-state index contributed by atoms with van der Waals surface area (Å²) in [7, 11) is 0. The zero-order valence-electron chi connectivity index (χ0n) is 28.0. The second-order valence-electron chi connectivity index (χ2n) is 13.4. The summed E-state index contributed by atoms with van der Waals surface area (Å²) < 4.78 is 19.3. The lowest BCUT2D eigenvalue weighted by molar-refractivity contribution is -0.130. The molecule has 0 aliphatic heterocycles. The number of aromatic nitrogens is 4. The number of amides is 3. The van der Waals surface area contributed by atoms with E-state index in [1.165, 1.54) is 12.1 Å². The molecule has 3 amide bonds. The van der Waals surface area contributed by atoms with Gasteiger partial charge in [0.1, 0.15) is 17.5 Å². The van der Waals surface area contributed by atoms with Crippen LogP contribution in [-0.4, -0.2) is 67.8 Å². The van der Waals surface area contributed by atoms with Crippen LogP contribution in [0.25, 0.3) is 22.5 Å². The SMILES string of the molecule is CC(C)(C)OC(=O)NCC1CCC(C(=O)N[C@@H](Cc2ccc(-c3ccc(F)c(C(=O)O)c3)cc2)C(=O)Nc2ccc(-c3nn[nH]n3)cc2)CC1. The molecule has 4 aromatic rings. The highest BCUT2D eigenvalue weighted by Crippen LogP contribution is 2.29. The smallest absolute Gasteiger partial charge is 0.407 e. The number of anilines is 1. The second-order valence-corrected chi connectivity index (χ2v) is 13.4. The summed E-state index contributed by atoms with van der Waals surface area (Å²) in [5.41, 5.74) is 2.15. The third kappa shape index (κ3) is 9.71. The highest BCUT2D eigenvalue weighted by Gasteiger charge is 2.30. The van der Waals surface area contributed by atoms with Crippen molar-refractivity contribution in [2.45, 2.75) is 64.5 Å². The van der Waals surface area contributed by atoms with Crippen molar-refractivity contribution >= 4 is 29.6 Å². The van der Waals surface area contributed by atoms with E-state index in [0.29, 0.717) is 47.6 Å². The lowest BCUT2D eigenvalue weighted by atomic mass is 9.81. The number of rotatable bonds is 11. The lowest BCUT2D eigenvalue weighted by Gasteiger charge is -2.29. The highest BCUT2D eigenvalue weighted by atomic mass is 19.1. The number of aromatic amines is 1. The Kier molecular flexibility index (Phi) is 11.2. The molecule has 5 rings (SSSR count). The molecule has 1 saturated carbocycles. The van der Waals surface area contributed by atoms with Crippen molar-refractivity contribution < 1.29 is 33.4 Å². The number of nitrogens with zero attached hydrogens (tertiary/aromatic N) is 3. The molecule has 1 atom stereocenters. The Labute approximate surface area is 288 Å². The number of alkyl carbamates (subject to hydrolysis) is 1. The number of carboxylic acids is 1. The summed E-state index contributed by atoms with van der Waals surface area (Å²) in [5, 5.41) is 31.9. The monoisotopic (exact) mass is 685 g/mol. The number of halogens is 1. The van der Waals surface area contributed by atoms with Gasteiger partial charge in [-0.05, 0) is 111 Å². The van der Waals surface area contributed by atoms with Crippen molar-refractivity contribution in [3.05, 3.63) is 83.7 Å². The fourth-order valence-corrected chi connectivity index (χ4v) is 5.82. The minimum atomic E-state index is -1.36. The van der Waals surface area contributed by atoms with Gasteiger partial charge in [-0.25, -0.2) is 14.0 Å². The zero-order chi connectivity index (χ0) is 35.8. The Morgan fingerprint density at radius 3 is 2.22 bits per heavy atom. The normalized spacial score (nSPS) is 16.6. The van der Waals surface area contributed by atoms with E-state index in [0.717, 1.165) is 24.5 Å². The van der Waals surface area contributed by atoms with Crippen molar-refractivity contribution in [3.8, 4) is 22.5 Å². The first kappa shape index (κ1) is 35.6. The fourth-order valence-electron chi connectivity index (χ4n) is 5.82. The largest absolute Gasteiger partial charge is 0.478 e. The van der Waals surface area contributed by atoms with Crippen LogP contribution in [0, 0.1) is 17.7 Å². The van der Waals surface area contributed by atoms with Crippen molar-refractivity contribution in [1.29, 1.82) is 0 Å². The van der Waals surface area contributed by atoms with Gasteiger partial charge >= 0.3 is 12.1 Å². The predicted molar refractivity (Wildman–Crippen MR) is 182 cm³/mol. The van der Waals surface area contributed by atoms with Crippen LogP contribution < -0.4 is 16.0 Å². The van der Waals surface area contributed by atoms with Gasteiger partial charge in [0, 0.05) is 30.1 Å². The van der Waals surface area contributed by atoms with Crippen molar-refractivity contribution in [2.24, 2.45) is 11.8 Å². The Morgan fingerprint density at radius 2 is 1.60 bits per heavy atom. The third-order valence-electron chi connectivity index (χ3n) is 8.46. The maximum absolute atomic E-state index is 13.9. The maximum atomic E-state index is 13.9. The van der Waals surface area contributed by atoms with Gasteiger partial charge in [-0.2, -0.15) is 5.21 Å². The molecular weight excluding hydrogens is 645 g/mol. The number of hydrogen-bond donors (Lipinski definition) is 5. The molecule has 1 aromatic heterocycles. The molecule has 14 heteroatoms. The number of H-pyrrole nitrogens is 1. The van der Waals surface area contributed by atoms with Gasteiger partial charge in [-0.3, -0.25) is 9.59 Å². The van der Waals surface area contributed by atoms with Crippen LogP contribution in [0.1, 0.15) is 62.4 Å². The number of benzene rings is 3. The summed E-state index contributed by atoms with van der Waals surface area (Å²) in [5.74, 6) is -2.48. The maximum Gasteiger partial charge on any atom is 0.407 e. The molecule has 1 heterocycles. The first-order valence-electron chi connectivity index (χ1n) is 16.4. The van der Waals surface area contributed by atoms with Gasteiger partial charge in [-0.15, -0.1) is 10.2 Å². The summed E-state index contributed by atoms with van der Waals surface area (Å²) in [6.45, 7) is 5.88. The molecule has 0 saturated heterocycles. The fraction of sp³-hybridized carbons (Fsp3) is 0.361. The van der Waals surface area contributed by atoms with Gasteiger partial charge in [0.25, 0.3) is 0 Å². The van der Waals surface area contributed by atoms with E-state index < -0.39 is 41.0 Å². The number of aromatic carboxylic acids is 1. The molecule has 0 unspecified atom stereocenters. The molecule has 50 heavy (non-hydrogen) atoms. The topological polar surface area (TPSA) is 188 Å². The van der Waals surface area contributed by atoms with E-state index in [4.69, 9.17) is 4.74 Å². The Hall–Kier alpha value is -5.66. The van der Waals surface area contributed by atoms with Crippen LogP contribution in [0.4, 0.5) is 14.9 Å². The predicted octanol–water partition coefficient (Wildman–Crippen LogP) is 5.37. The average Bonchev–Trinajstić information content (AvgIpc) is 3.63. The summed E-state index contributed by atoms with van der Waals surface area (Å²) >= 11 is 0. The first-order valence-corrected chi connectivity index (χ1v) is 16.4. The Balaban J connectivity index is 1.25. The van der Waals surface area contributed by atoms with Crippen LogP contribution in [0.3, 0.4) is 0 Å². The van der Waals surface area contributed by atoms with Gasteiger partial charge in [0.2, 0.25) is 17.6 Å². The average molecular weight is 686 g/mol. The van der Waals surface area contributed by atoms with Crippen LogP contribution in [-0.2, 0) is 20.7 Å². The quantitative estimate of drug-likeness (QED) is 0.138. The number of hydrogen-bond acceptors (Lipinski definition) is 8. The van der Waals surface area contributed by atoms with E-state index in [-0.39, 0.29) is 24.2 Å². The van der Waals surface area contributed by atoms with Crippen molar-refractivity contribution in [2.75, 3.05) is 11.9 Å². The summed E-state index contributed by atoms with van der Waals surface area (Å²) in [6, 6.07) is 17.0. The van der Waals surface area contributed by atoms with Crippen LogP contribution in [0.15, 0.2) is 66.7 Å². The van der Waals surface area contributed by atoms with Crippen molar-refractivity contribution in [1.82, 2.24) is 31.3 Å². The van der Waals surface area contributed by atoms with Crippen LogP contribution in [0.2, 0.25) is 0 Å². The number of ether oxygens (including phenoxy) is 1. The number of carboxylic acid groups (broad SMARTS) is 1. The molecule has 0 radical (unpaired) electrons. The van der Waals surface area contributed by atoms with Gasteiger partial charge in [-0.1, -0.05) is 30.3 Å². The Morgan fingerprint density at radius 1 is 0.940 bits per heavy atom. The lowest BCUT2D eigenvalue weighted by Crippen LogP contribution is -2.48. The third-order valence-corrected chi connectivity index (χ3v) is 8.46. The molecule has 1 fully saturated rings. The first-order chi connectivity index (χ1) is 23.8. The van der Waals surface area contributed by atoms with E-state index in [1.54, 1.807) is 69.3 Å². The molecule has 0 spiro atoms. The van der Waals surface area contributed by atoms with Gasteiger partial charge < -0.3 is 25.8 Å². The number of carbonyl (C=O) groups excluding carboxylic acids is 3. The second kappa shape index (κ2) is 15.7. The standard InChI is InChI=1S/C36H40FN7O6/c1-36(2,3)50-35(49)38-20-22-6-10-25(11-7-22)32(45)40-30(33(46)39-27-15-12-24(13-16-27)31-41-43-44-42-31)18-21-4-8-23(9-5-21)26-14-17-29(37)28(19-26)34(47)48/h4-5,8-9,12-17,19,22,25,30H,6-7,10-11,18,20H2,1-3H3,(H,38,49)(H,39,46)(H,40,45)(H,47,48)(H,41,42,43,44)/t22?,25?,30-/m0/s1. The number of nitrogens with one attached hydrogen (secondary N) is 4. The molecule has 1 aliphatic rings. The van der Waals surface area contributed by atoms with E-state index >= 15 is 0 Å². The molecular formula is C36H40FN7O6. The van der Waals surface area contributed by atoms with Crippen LogP contribution in [0.5, 0.6) is 0 Å². The van der Waals surface area contributed by atoms with E-state index in [1.807, 2.05) is 0 Å². The number of tetrazole rings is 1. The molecule has 3 aromatic carbocycles. The van der Waals surface area contributed by atoms with Gasteiger partial charge in [0.15, 0.2) is 0 Å². The molecule has 262 valence electrons. The van der Waals surface area contributed by atoms with Crippen molar-refractivity contribution in [3.63, 3.8) is 0 Å². The number of carbonyl (C=O) groups is 4. The summed E-state index contributed by atoms with van der Waals surface area (Å²) in [6.07, 6.45) is 2.42. The molecule has 1 aliphatic carbocycles. The minimum absolute atomic E-state index is 0.178. The minimum Gasteiger partial charge on any atom is -0.478 e. The van der Waals surface area contributed by atoms with Gasteiger partial charge in [0.05, 0.1) is 5.56 Å². The highest BCUT2D eigenvalue weighted by molar-refractivity contribution is 5.98. The molecule has 0 bridgehead atoms. The van der Waals surface area contributed by atoms with E-state index in [9.17, 15) is 28.7 Å². The zero-order valence-corrected chi connectivity index (χ0v) is 28.0. The Bertz CT molecular complexity index is 1800. The summed E-state index contributed by atoms with van der Waals surface area (Å²) in [4.78, 5) is 50.7. The van der Waals surface area contributed by atoms with Crippen LogP contribution >= 0.6 is 0 Å². The molecule has 13 nitrogen and oxygen atoms in total. The molecule has 5 N–H and O–H groups in total.